The first-order chi connectivity index (χ1) is 8.08. The summed E-state index contributed by atoms with van der Waals surface area (Å²) >= 11 is 0. The molecule has 0 saturated heterocycles. The van der Waals surface area contributed by atoms with Crippen molar-refractivity contribution < 1.29 is 9.21 Å². The van der Waals surface area contributed by atoms with Crippen LogP contribution >= 0.6 is 0 Å². The lowest BCUT2D eigenvalue weighted by molar-refractivity contribution is 0.249. The third-order valence-corrected chi connectivity index (χ3v) is 2.57. The van der Waals surface area contributed by atoms with Crippen LogP contribution in [0.1, 0.15) is 5.56 Å². The second-order valence-corrected chi connectivity index (χ2v) is 3.77. The number of amides is 2. The summed E-state index contributed by atoms with van der Waals surface area (Å²) in [5.74, 6) is -0.382. The first-order valence-corrected chi connectivity index (χ1v) is 5.19. The van der Waals surface area contributed by atoms with Gasteiger partial charge in [-0.3, -0.25) is 4.57 Å². The van der Waals surface area contributed by atoms with Gasteiger partial charge < -0.3 is 15.5 Å². The molecule has 90 valence electrons. The number of aromatic nitrogens is 1. The monoisotopic (exact) mass is 235 g/mol. The van der Waals surface area contributed by atoms with E-state index in [0.717, 1.165) is 11.1 Å². The minimum atomic E-state index is -0.540. The number of benzene rings is 1. The van der Waals surface area contributed by atoms with Gasteiger partial charge >= 0.3 is 11.8 Å². The number of hydrogen-bond acceptors (Lipinski definition) is 3. The van der Waals surface area contributed by atoms with Crippen LogP contribution in [0.15, 0.2) is 27.4 Å². The van der Waals surface area contributed by atoms with E-state index in [1.165, 1.54) is 4.57 Å². The van der Waals surface area contributed by atoms with Crippen LogP contribution in [-0.4, -0.2) is 17.1 Å². The zero-order valence-electron chi connectivity index (χ0n) is 9.40. The summed E-state index contributed by atoms with van der Waals surface area (Å²) in [5.41, 5.74) is 7.27. The highest BCUT2D eigenvalue weighted by Gasteiger charge is 2.06. The maximum Gasteiger partial charge on any atom is 0.419 e. The maximum absolute atomic E-state index is 11.3. The number of nitrogens with two attached hydrogens (primary N) is 1. The highest BCUT2D eigenvalue weighted by atomic mass is 16.4. The van der Waals surface area contributed by atoms with Gasteiger partial charge in [0.1, 0.15) is 0 Å². The third kappa shape index (κ3) is 2.30. The predicted octanol–water partition coefficient (Wildman–Crippen LogP) is 0.342. The molecule has 0 aliphatic heterocycles. The molecule has 3 N–H and O–H groups in total. The second-order valence-electron chi connectivity index (χ2n) is 3.77. The molecule has 0 aliphatic rings. The number of oxazole rings is 1. The molecule has 0 atom stereocenters. The Morgan fingerprint density at radius 3 is 3.00 bits per heavy atom. The van der Waals surface area contributed by atoms with E-state index in [0.29, 0.717) is 18.5 Å². The highest BCUT2D eigenvalue weighted by Crippen LogP contribution is 2.14. The number of primary amides is 1. The average Bonchev–Trinajstić information content (AvgIpc) is 2.55. The molecule has 0 spiro atoms. The van der Waals surface area contributed by atoms with Gasteiger partial charge in [0, 0.05) is 13.6 Å². The van der Waals surface area contributed by atoms with E-state index in [1.807, 2.05) is 12.1 Å². The fraction of sp³-hybridized carbons (Fsp3) is 0.273. The quantitative estimate of drug-likeness (QED) is 0.803. The van der Waals surface area contributed by atoms with Gasteiger partial charge in [-0.1, -0.05) is 6.07 Å². The molecule has 2 rings (SSSR count). The zero-order valence-corrected chi connectivity index (χ0v) is 9.40. The lowest BCUT2D eigenvalue weighted by Gasteiger charge is -2.02. The Morgan fingerprint density at radius 2 is 2.29 bits per heavy atom. The lowest BCUT2D eigenvalue weighted by Crippen LogP contribution is -2.30. The van der Waals surface area contributed by atoms with Crippen molar-refractivity contribution in [1.29, 1.82) is 0 Å². The van der Waals surface area contributed by atoms with Crippen LogP contribution in [0.25, 0.3) is 11.1 Å². The van der Waals surface area contributed by atoms with E-state index in [-0.39, 0.29) is 5.76 Å². The van der Waals surface area contributed by atoms with E-state index in [4.69, 9.17) is 10.2 Å². The number of nitrogens with zero attached hydrogens (tertiary/aromatic N) is 1. The predicted molar refractivity (Wildman–Crippen MR) is 62.7 cm³/mol. The molecule has 2 aromatic rings. The Balaban J connectivity index is 2.22. The minimum Gasteiger partial charge on any atom is -0.408 e. The van der Waals surface area contributed by atoms with Crippen LogP contribution in [0.4, 0.5) is 4.79 Å². The zero-order chi connectivity index (χ0) is 12.4. The average molecular weight is 235 g/mol. The largest absolute Gasteiger partial charge is 0.419 e. The molecule has 6 nitrogen and oxygen atoms in total. The Labute approximate surface area is 97.0 Å². The van der Waals surface area contributed by atoms with Crippen LogP contribution < -0.4 is 16.8 Å². The van der Waals surface area contributed by atoms with Crippen molar-refractivity contribution in [2.24, 2.45) is 12.8 Å². The number of fused-ring (bicyclic) bond motifs is 1. The van der Waals surface area contributed by atoms with Gasteiger partial charge in [-0.05, 0) is 24.1 Å². The van der Waals surface area contributed by atoms with Crippen LogP contribution in [0.2, 0.25) is 0 Å². The number of carbonyl (C=O) groups excluding carboxylic acids is 1. The van der Waals surface area contributed by atoms with Crippen LogP contribution in [0, 0.1) is 0 Å². The van der Waals surface area contributed by atoms with Crippen molar-refractivity contribution in [2.45, 2.75) is 6.42 Å². The molecule has 2 amide bonds. The summed E-state index contributed by atoms with van der Waals surface area (Å²) in [6.45, 7) is 0.465. The molecule has 17 heavy (non-hydrogen) atoms. The molecule has 1 aromatic carbocycles. The van der Waals surface area contributed by atoms with Crippen LogP contribution in [-0.2, 0) is 13.5 Å². The van der Waals surface area contributed by atoms with Crippen LogP contribution in [0.5, 0.6) is 0 Å². The van der Waals surface area contributed by atoms with E-state index in [9.17, 15) is 9.59 Å². The van der Waals surface area contributed by atoms with Gasteiger partial charge in [0.15, 0.2) is 5.58 Å². The molecule has 0 radical (unpaired) electrons. The summed E-state index contributed by atoms with van der Waals surface area (Å²) in [7, 11) is 1.65. The molecular formula is C11H13N3O3. The number of carbonyl (C=O) groups is 1. The Kier molecular flexibility index (Phi) is 2.86. The van der Waals surface area contributed by atoms with Gasteiger partial charge in [-0.2, -0.15) is 0 Å². The normalized spacial score (nSPS) is 10.6. The Hall–Kier alpha value is -2.24. The van der Waals surface area contributed by atoms with Gasteiger partial charge in [-0.25, -0.2) is 9.59 Å². The molecule has 0 aliphatic carbocycles. The summed E-state index contributed by atoms with van der Waals surface area (Å²) < 4.78 is 6.46. The summed E-state index contributed by atoms with van der Waals surface area (Å²) in [5, 5.41) is 2.51. The number of nitrogens with one attached hydrogen (secondary N) is 1. The van der Waals surface area contributed by atoms with Crippen molar-refractivity contribution in [3.63, 3.8) is 0 Å². The molecule has 0 bridgehead atoms. The molecule has 0 saturated carbocycles. The third-order valence-electron chi connectivity index (χ3n) is 2.57. The molecule has 0 unspecified atom stereocenters. The molecule has 6 heteroatoms. The first kappa shape index (κ1) is 11.3. The lowest BCUT2D eigenvalue weighted by atomic mass is 10.1. The minimum absolute atomic E-state index is 0.382. The van der Waals surface area contributed by atoms with Crippen molar-refractivity contribution in [3.05, 3.63) is 34.3 Å². The van der Waals surface area contributed by atoms with Crippen molar-refractivity contribution >= 4 is 17.1 Å². The summed E-state index contributed by atoms with van der Waals surface area (Å²) in [6.07, 6.45) is 0.651. The van der Waals surface area contributed by atoms with Crippen molar-refractivity contribution in [3.8, 4) is 0 Å². The summed E-state index contributed by atoms with van der Waals surface area (Å²) in [4.78, 5) is 21.8. The topological polar surface area (TPSA) is 90.3 Å². The number of rotatable bonds is 3. The van der Waals surface area contributed by atoms with E-state index < -0.39 is 6.03 Å². The fourth-order valence-corrected chi connectivity index (χ4v) is 1.66. The molecule has 1 heterocycles. The summed E-state index contributed by atoms with van der Waals surface area (Å²) in [6, 6.07) is 4.93. The molecule has 0 fully saturated rings. The first-order valence-electron chi connectivity index (χ1n) is 5.19. The fourth-order valence-electron chi connectivity index (χ4n) is 1.66. The van der Waals surface area contributed by atoms with Crippen LogP contribution in [0.3, 0.4) is 0 Å². The maximum atomic E-state index is 11.3. The number of hydrogen-bond donors (Lipinski definition) is 2. The molecule has 1 aromatic heterocycles. The SMILES string of the molecule is Cn1c(=O)oc2ccc(CCNC(N)=O)cc21. The van der Waals surface area contributed by atoms with Gasteiger partial charge in [0.2, 0.25) is 0 Å². The standard InChI is InChI=1S/C11H13N3O3/c1-14-8-6-7(4-5-13-10(12)15)2-3-9(8)17-11(14)16/h2-3,6H,4-5H2,1H3,(H3,12,13,15). The van der Waals surface area contributed by atoms with Gasteiger partial charge in [-0.15, -0.1) is 0 Å². The van der Waals surface area contributed by atoms with E-state index >= 15 is 0 Å². The Bertz CT molecular complexity index is 612. The second kappa shape index (κ2) is 4.32. The smallest absolute Gasteiger partial charge is 0.408 e. The Morgan fingerprint density at radius 1 is 1.53 bits per heavy atom. The highest BCUT2D eigenvalue weighted by molar-refractivity contribution is 5.74. The van der Waals surface area contributed by atoms with Crippen molar-refractivity contribution in [1.82, 2.24) is 9.88 Å². The van der Waals surface area contributed by atoms with E-state index in [1.54, 1.807) is 13.1 Å². The van der Waals surface area contributed by atoms with E-state index in [2.05, 4.69) is 5.32 Å². The van der Waals surface area contributed by atoms with Gasteiger partial charge in [0.05, 0.1) is 5.52 Å². The number of urea groups is 1. The van der Waals surface area contributed by atoms with Crippen molar-refractivity contribution in [2.75, 3.05) is 6.54 Å². The molecular weight excluding hydrogens is 222 g/mol. The van der Waals surface area contributed by atoms with Gasteiger partial charge in [0.25, 0.3) is 0 Å². The number of aryl methyl sites for hydroxylation is 1.